The molecule has 0 spiro atoms. The van der Waals surface area contributed by atoms with Crippen molar-refractivity contribution < 1.29 is 36.6 Å². The highest BCUT2D eigenvalue weighted by Crippen LogP contribution is 2.43. The van der Waals surface area contributed by atoms with Crippen LogP contribution in [0.5, 0.6) is 0 Å². The first-order chi connectivity index (χ1) is 16.2. The molecule has 0 heterocycles. The standard InChI is InChI=1S/C24H27ClF3NO5S/c1-13-3-4-15(10-24(2,32)12-30)17(13)11-35(33,34)21-7-14(5-6-18(21)25)23(31)29-16-8-19(26)22(28)20(27)9-16/h5-9,13,15,17,30,32H,3-4,10-12H2,1-2H3,(H,29,31)/t13?,15-,17+,24?/m0/s1. The molecule has 0 aliphatic heterocycles. The summed E-state index contributed by atoms with van der Waals surface area (Å²) >= 11 is 6.17. The van der Waals surface area contributed by atoms with Gasteiger partial charge < -0.3 is 15.5 Å². The van der Waals surface area contributed by atoms with Crippen molar-refractivity contribution in [2.24, 2.45) is 17.8 Å². The number of halogens is 4. The summed E-state index contributed by atoms with van der Waals surface area (Å²) in [4.78, 5) is 12.3. The van der Waals surface area contributed by atoms with E-state index in [9.17, 15) is 36.6 Å². The van der Waals surface area contributed by atoms with E-state index >= 15 is 0 Å². The van der Waals surface area contributed by atoms with E-state index in [2.05, 4.69) is 5.32 Å². The number of benzene rings is 2. The van der Waals surface area contributed by atoms with Crippen molar-refractivity contribution in [2.75, 3.05) is 17.7 Å². The van der Waals surface area contributed by atoms with E-state index in [4.69, 9.17) is 11.6 Å². The summed E-state index contributed by atoms with van der Waals surface area (Å²) < 4.78 is 66.7. The molecule has 1 amide bonds. The van der Waals surface area contributed by atoms with Crippen LogP contribution in [0.25, 0.3) is 0 Å². The second-order valence-corrected chi connectivity index (χ2v) is 11.9. The molecular weight excluding hydrogens is 507 g/mol. The van der Waals surface area contributed by atoms with E-state index in [0.29, 0.717) is 18.6 Å². The molecule has 1 aliphatic carbocycles. The van der Waals surface area contributed by atoms with Crippen LogP contribution in [0, 0.1) is 35.2 Å². The molecule has 2 unspecified atom stereocenters. The maximum Gasteiger partial charge on any atom is 0.255 e. The predicted octanol–water partition coefficient (Wildman–Crippen LogP) is 4.58. The van der Waals surface area contributed by atoms with Gasteiger partial charge in [-0.05, 0) is 55.7 Å². The van der Waals surface area contributed by atoms with E-state index in [1.807, 2.05) is 6.92 Å². The molecule has 3 rings (SSSR count). The third-order valence-corrected chi connectivity index (χ3v) is 8.83. The highest BCUT2D eigenvalue weighted by atomic mass is 35.5. The molecule has 0 bridgehead atoms. The lowest BCUT2D eigenvalue weighted by Gasteiger charge is -2.29. The van der Waals surface area contributed by atoms with Crippen molar-refractivity contribution in [1.82, 2.24) is 0 Å². The molecule has 4 atom stereocenters. The monoisotopic (exact) mass is 533 g/mol. The molecule has 1 fully saturated rings. The molecule has 1 aliphatic rings. The van der Waals surface area contributed by atoms with Gasteiger partial charge in [0.2, 0.25) is 0 Å². The minimum absolute atomic E-state index is 0.0535. The van der Waals surface area contributed by atoms with Crippen LogP contribution in [0.15, 0.2) is 35.2 Å². The Bertz CT molecular complexity index is 1200. The Morgan fingerprint density at radius 3 is 2.40 bits per heavy atom. The maximum atomic E-state index is 13.5. The number of aliphatic hydroxyl groups excluding tert-OH is 1. The second kappa shape index (κ2) is 10.5. The quantitative estimate of drug-likeness (QED) is 0.431. The Labute approximate surface area is 207 Å². The Balaban J connectivity index is 1.84. The van der Waals surface area contributed by atoms with Crippen LogP contribution in [0.3, 0.4) is 0 Å². The number of hydrogen-bond acceptors (Lipinski definition) is 5. The van der Waals surface area contributed by atoms with E-state index in [0.717, 1.165) is 12.5 Å². The number of nitrogens with one attached hydrogen (secondary N) is 1. The van der Waals surface area contributed by atoms with Crippen molar-refractivity contribution in [3.05, 3.63) is 58.4 Å². The normalized spacial score (nSPS) is 22.1. The number of carbonyl (C=O) groups is 1. The van der Waals surface area contributed by atoms with Crippen LogP contribution < -0.4 is 5.32 Å². The molecule has 35 heavy (non-hydrogen) atoms. The summed E-state index contributed by atoms with van der Waals surface area (Å²) in [5.41, 5.74) is -1.80. The van der Waals surface area contributed by atoms with Gasteiger partial charge in [-0.3, -0.25) is 4.79 Å². The first-order valence-corrected chi connectivity index (χ1v) is 13.1. The smallest absolute Gasteiger partial charge is 0.255 e. The Morgan fingerprint density at radius 2 is 1.80 bits per heavy atom. The van der Waals surface area contributed by atoms with Crippen LogP contribution in [0.4, 0.5) is 18.9 Å². The van der Waals surface area contributed by atoms with Gasteiger partial charge in [0.25, 0.3) is 5.91 Å². The van der Waals surface area contributed by atoms with Gasteiger partial charge in [0.1, 0.15) is 0 Å². The summed E-state index contributed by atoms with van der Waals surface area (Å²) in [5, 5.41) is 21.8. The number of anilines is 1. The fourth-order valence-electron chi connectivity index (χ4n) is 4.61. The third-order valence-electron chi connectivity index (χ3n) is 6.55. The molecule has 192 valence electrons. The average molecular weight is 534 g/mol. The summed E-state index contributed by atoms with van der Waals surface area (Å²) in [5.74, 6) is -6.15. The average Bonchev–Trinajstić information content (AvgIpc) is 3.10. The van der Waals surface area contributed by atoms with Gasteiger partial charge in [-0.25, -0.2) is 21.6 Å². The van der Waals surface area contributed by atoms with Crippen molar-refractivity contribution >= 4 is 33.0 Å². The Kier molecular flexibility index (Phi) is 8.20. The number of hydrogen-bond donors (Lipinski definition) is 3. The van der Waals surface area contributed by atoms with Gasteiger partial charge in [0.05, 0.1) is 27.9 Å². The number of rotatable bonds is 8. The zero-order valence-electron chi connectivity index (χ0n) is 19.2. The maximum absolute atomic E-state index is 13.5. The number of amides is 1. The summed E-state index contributed by atoms with van der Waals surface area (Å²) in [6.07, 6.45) is 1.72. The van der Waals surface area contributed by atoms with Crippen molar-refractivity contribution in [2.45, 2.75) is 43.6 Å². The Hall–Kier alpha value is -2.14. The molecule has 3 N–H and O–H groups in total. The van der Waals surface area contributed by atoms with Crippen LogP contribution in [0.1, 0.15) is 43.5 Å². The van der Waals surface area contributed by atoms with E-state index in [-0.39, 0.29) is 51.1 Å². The zero-order chi connectivity index (χ0) is 26.1. The van der Waals surface area contributed by atoms with Gasteiger partial charge in [0, 0.05) is 23.4 Å². The minimum atomic E-state index is -3.98. The highest BCUT2D eigenvalue weighted by molar-refractivity contribution is 7.91. The SMILES string of the molecule is CC1CC[C@@H](CC(C)(O)CO)[C@@H]1CS(=O)(=O)c1cc(C(=O)Nc2cc(F)c(F)c(F)c2)ccc1Cl. The summed E-state index contributed by atoms with van der Waals surface area (Å²) in [6, 6.07) is 4.79. The lowest BCUT2D eigenvalue weighted by Crippen LogP contribution is -2.35. The molecule has 0 radical (unpaired) electrons. The summed E-state index contributed by atoms with van der Waals surface area (Å²) in [6.45, 7) is 2.99. The molecule has 6 nitrogen and oxygen atoms in total. The van der Waals surface area contributed by atoms with Gasteiger partial charge in [-0.1, -0.05) is 24.9 Å². The number of aliphatic hydroxyl groups is 2. The lowest BCUT2D eigenvalue weighted by molar-refractivity contribution is -0.0215. The van der Waals surface area contributed by atoms with E-state index in [1.165, 1.54) is 19.1 Å². The molecule has 2 aromatic carbocycles. The fraction of sp³-hybridized carbons (Fsp3) is 0.458. The molecule has 11 heteroatoms. The van der Waals surface area contributed by atoms with E-state index < -0.39 is 45.4 Å². The molecule has 1 saturated carbocycles. The topological polar surface area (TPSA) is 104 Å². The van der Waals surface area contributed by atoms with Gasteiger partial charge >= 0.3 is 0 Å². The van der Waals surface area contributed by atoms with Crippen LogP contribution in [-0.4, -0.2) is 42.5 Å². The van der Waals surface area contributed by atoms with Crippen LogP contribution in [0.2, 0.25) is 5.02 Å². The second-order valence-electron chi connectivity index (χ2n) is 9.47. The van der Waals surface area contributed by atoms with Crippen molar-refractivity contribution in [1.29, 1.82) is 0 Å². The van der Waals surface area contributed by atoms with Crippen molar-refractivity contribution in [3.63, 3.8) is 0 Å². The largest absolute Gasteiger partial charge is 0.393 e. The number of carbonyl (C=O) groups excluding carboxylic acids is 1. The van der Waals surface area contributed by atoms with Gasteiger partial charge in [0.15, 0.2) is 27.3 Å². The van der Waals surface area contributed by atoms with Gasteiger partial charge in [-0.2, -0.15) is 0 Å². The van der Waals surface area contributed by atoms with Crippen LogP contribution >= 0.6 is 11.6 Å². The zero-order valence-corrected chi connectivity index (χ0v) is 20.8. The number of sulfone groups is 1. The minimum Gasteiger partial charge on any atom is -0.393 e. The predicted molar refractivity (Wildman–Crippen MR) is 125 cm³/mol. The first kappa shape index (κ1) is 27.4. The first-order valence-electron chi connectivity index (χ1n) is 11.1. The molecule has 0 saturated heterocycles. The molecular formula is C24H27ClF3NO5S. The summed E-state index contributed by atoms with van der Waals surface area (Å²) in [7, 11) is -3.98. The molecule has 0 aromatic heterocycles. The third kappa shape index (κ3) is 6.35. The lowest BCUT2D eigenvalue weighted by atomic mass is 9.84. The van der Waals surface area contributed by atoms with Crippen LogP contribution in [-0.2, 0) is 9.84 Å². The van der Waals surface area contributed by atoms with E-state index in [1.54, 1.807) is 0 Å². The fourth-order valence-corrected chi connectivity index (χ4v) is 7.04. The Morgan fingerprint density at radius 1 is 1.17 bits per heavy atom. The van der Waals surface area contributed by atoms with Crippen molar-refractivity contribution in [3.8, 4) is 0 Å². The van der Waals surface area contributed by atoms with Gasteiger partial charge in [-0.15, -0.1) is 0 Å². The highest BCUT2D eigenvalue weighted by Gasteiger charge is 2.40. The molecule has 2 aromatic rings.